The third kappa shape index (κ3) is 3.83. The van der Waals surface area contributed by atoms with Gasteiger partial charge in [0.2, 0.25) is 11.7 Å². The van der Waals surface area contributed by atoms with Crippen molar-refractivity contribution in [3.05, 3.63) is 30.3 Å². The lowest BCUT2D eigenvalue weighted by Gasteiger charge is -2.04. The molecule has 0 aliphatic rings. The number of hydrogen-bond acceptors (Lipinski definition) is 7. The summed E-state index contributed by atoms with van der Waals surface area (Å²) in [6.45, 7) is 0. The molecule has 0 bridgehead atoms. The van der Waals surface area contributed by atoms with Crippen molar-refractivity contribution in [1.29, 1.82) is 0 Å². The lowest BCUT2D eigenvalue weighted by atomic mass is 10.2. The topological polar surface area (TPSA) is 112 Å². The first-order valence-electron chi connectivity index (χ1n) is 5.64. The highest BCUT2D eigenvalue weighted by atomic mass is 32.2. The zero-order chi connectivity index (χ0) is 13.9. The van der Waals surface area contributed by atoms with Crippen LogP contribution in [0.4, 0.5) is 0 Å². The second kappa shape index (κ2) is 5.45. The molecule has 102 valence electrons. The number of nitrogens with zero attached hydrogens (tertiary/aromatic N) is 3. The predicted molar refractivity (Wildman–Crippen MR) is 68.8 cm³/mol. The summed E-state index contributed by atoms with van der Waals surface area (Å²) >= 11 is 0. The molecule has 7 nitrogen and oxygen atoms in total. The Morgan fingerprint density at radius 1 is 1.42 bits per heavy atom. The van der Waals surface area contributed by atoms with Crippen molar-refractivity contribution in [2.75, 3.05) is 12.0 Å². The molecule has 0 spiro atoms. The number of nitrogens with two attached hydrogens (primary N) is 1. The molecule has 0 amide bonds. The monoisotopic (exact) mass is 282 g/mol. The van der Waals surface area contributed by atoms with E-state index in [-0.39, 0.29) is 18.1 Å². The van der Waals surface area contributed by atoms with Crippen LogP contribution in [0.1, 0.15) is 18.4 Å². The van der Waals surface area contributed by atoms with Crippen molar-refractivity contribution in [2.24, 2.45) is 5.73 Å². The fourth-order valence-electron chi connectivity index (χ4n) is 1.45. The first-order chi connectivity index (χ1) is 8.96. The molecule has 2 aromatic heterocycles. The molecule has 19 heavy (non-hydrogen) atoms. The van der Waals surface area contributed by atoms with E-state index in [0.717, 1.165) is 6.26 Å². The second-order valence-corrected chi connectivity index (χ2v) is 6.46. The molecule has 2 heterocycles. The van der Waals surface area contributed by atoms with E-state index in [1.165, 1.54) is 0 Å². The number of rotatable bonds is 5. The Balaban J connectivity index is 2.09. The van der Waals surface area contributed by atoms with Gasteiger partial charge in [0.1, 0.15) is 15.5 Å². The fraction of sp³-hybridized carbons (Fsp3) is 0.364. The van der Waals surface area contributed by atoms with Gasteiger partial charge < -0.3 is 10.3 Å². The summed E-state index contributed by atoms with van der Waals surface area (Å²) in [5.41, 5.74) is 6.39. The summed E-state index contributed by atoms with van der Waals surface area (Å²) in [6, 6.07) is 4.74. The van der Waals surface area contributed by atoms with Crippen molar-refractivity contribution < 1.29 is 12.9 Å². The van der Waals surface area contributed by atoms with E-state index in [2.05, 4.69) is 15.1 Å². The highest BCUT2D eigenvalue weighted by Crippen LogP contribution is 2.17. The molecule has 1 unspecified atom stereocenters. The zero-order valence-corrected chi connectivity index (χ0v) is 11.2. The van der Waals surface area contributed by atoms with Crippen LogP contribution in [0.3, 0.4) is 0 Å². The molecule has 0 saturated carbocycles. The van der Waals surface area contributed by atoms with E-state index in [1.54, 1.807) is 18.3 Å². The largest absolute Gasteiger partial charge is 0.337 e. The molecular weight excluding hydrogens is 268 g/mol. The molecule has 8 heteroatoms. The van der Waals surface area contributed by atoms with Gasteiger partial charge in [-0.3, -0.25) is 4.98 Å². The highest BCUT2D eigenvalue weighted by Gasteiger charge is 2.17. The predicted octanol–water partition coefficient (Wildman–Crippen LogP) is 0.566. The van der Waals surface area contributed by atoms with E-state index in [4.69, 9.17) is 10.3 Å². The summed E-state index contributed by atoms with van der Waals surface area (Å²) in [4.78, 5) is 8.21. The maximum absolute atomic E-state index is 11.1. The minimum absolute atomic E-state index is 0.0184. The van der Waals surface area contributed by atoms with E-state index in [9.17, 15) is 8.42 Å². The highest BCUT2D eigenvalue weighted by molar-refractivity contribution is 7.90. The minimum Gasteiger partial charge on any atom is -0.337 e. The molecule has 1 atom stereocenters. The third-order valence-electron chi connectivity index (χ3n) is 2.45. The normalized spacial score (nSPS) is 13.4. The molecule has 0 aromatic carbocycles. The van der Waals surface area contributed by atoms with Gasteiger partial charge in [-0.15, -0.1) is 0 Å². The molecule has 0 aliphatic carbocycles. The van der Waals surface area contributed by atoms with Gasteiger partial charge in [0.05, 0.1) is 11.8 Å². The van der Waals surface area contributed by atoms with Crippen LogP contribution < -0.4 is 5.73 Å². The van der Waals surface area contributed by atoms with Crippen LogP contribution in [0, 0.1) is 0 Å². The Morgan fingerprint density at radius 3 is 2.84 bits per heavy atom. The third-order valence-corrected chi connectivity index (χ3v) is 3.43. The minimum atomic E-state index is -3.05. The zero-order valence-electron chi connectivity index (χ0n) is 10.4. The summed E-state index contributed by atoms with van der Waals surface area (Å²) in [7, 11) is -3.05. The SMILES string of the molecule is CS(=O)(=O)CCC(N)c1nc(-c2ccccn2)no1. The van der Waals surface area contributed by atoms with Gasteiger partial charge in [-0.2, -0.15) is 4.98 Å². The second-order valence-electron chi connectivity index (χ2n) is 4.20. The van der Waals surface area contributed by atoms with Crippen LogP contribution in [0.2, 0.25) is 0 Å². The number of hydrogen-bond donors (Lipinski definition) is 1. The Morgan fingerprint density at radius 2 is 2.21 bits per heavy atom. The summed E-state index contributed by atoms with van der Waals surface area (Å²) in [6.07, 6.45) is 3.02. The molecule has 2 aromatic rings. The van der Waals surface area contributed by atoms with Gasteiger partial charge >= 0.3 is 0 Å². The van der Waals surface area contributed by atoms with Crippen LogP contribution in [0.5, 0.6) is 0 Å². The van der Waals surface area contributed by atoms with E-state index >= 15 is 0 Å². The first-order valence-corrected chi connectivity index (χ1v) is 7.70. The maximum atomic E-state index is 11.1. The van der Waals surface area contributed by atoms with E-state index in [1.807, 2.05) is 6.07 Å². The Bertz CT molecular complexity index is 639. The number of pyridine rings is 1. The Kier molecular flexibility index (Phi) is 3.91. The van der Waals surface area contributed by atoms with Crippen LogP contribution >= 0.6 is 0 Å². The smallest absolute Gasteiger partial charge is 0.243 e. The standard InChI is InChI=1S/C11H14N4O3S/c1-19(16,17)7-5-8(12)11-14-10(15-18-11)9-4-2-3-6-13-9/h2-4,6,8H,5,7,12H2,1H3. The quantitative estimate of drug-likeness (QED) is 0.852. The van der Waals surface area contributed by atoms with Crippen molar-refractivity contribution >= 4 is 9.84 Å². The van der Waals surface area contributed by atoms with Gasteiger partial charge in [0.25, 0.3) is 0 Å². The van der Waals surface area contributed by atoms with Crippen LogP contribution in [0.15, 0.2) is 28.9 Å². The van der Waals surface area contributed by atoms with E-state index in [0.29, 0.717) is 11.5 Å². The molecule has 0 saturated heterocycles. The Labute approximate surface area is 110 Å². The average Bonchev–Trinajstić information content (AvgIpc) is 2.86. The first kappa shape index (κ1) is 13.6. The van der Waals surface area contributed by atoms with Crippen molar-refractivity contribution in [3.63, 3.8) is 0 Å². The van der Waals surface area contributed by atoms with Crippen LogP contribution in [-0.4, -0.2) is 35.6 Å². The van der Waals surface area contributed by atoms with Gasteiger partial charge in [0.15, 0.2) is 0 Å². The van der Waals surface area contributed by atoms with Gasteiger partial charge in [-0.25, -0.2) is 8.42 Å². The number of sulfone groups is 1. The van der Waals surface area contributed by atoms with Gasteiger partial charge in [-0.05, 0) is 18.6 Å². The molecular formula is C11H14N4O3S. The van der Waals surface area contributed by atoms with Crippen molar-refractivity contribution in [3.8, 4) is 11.5 Å². The van der Waals surface area contributed by atoms with Crippen LogP contribution in [0.25, 0.3) is 11.5 Å². The lowest BCUT2D eigenvalue weighted by molar-refractivity contribution is 0.352. The number of aromatic nitrogens is 3. The van der Waals surface area contributed by atoms with Gasteiger partial charge in [0, 0.05) is 12.5 Å². The summed E-state index contributed by atoms with van der Waals surface area (Å²) in [5.74, 6) is 0.532. The average molecular weight is 282 g/mol. The molecule has 0 aliphatic heterocycles. The molecule has 0 fully saturated rings. The Hall–Kier alpha value is -1.80. The summed E-state index contributed by atoms with van der Waals surface area (Å²) in [5, 5.41) is 3.77. The van der Waals surface area contributed by atoms with Gasteiger partial charge in [-0.1, -0.05) is 11.2 Å². The summed E-state index contributed by atoms with van der Waals surface area (Å²) < 4.78 is 27.1. The molecule has 2 N–H and O–H groups in total. The molecule has 0 radical (unpaired) electrons. The fourth-order valence-corrected chi connectivity index (χ4v) is 2.13. The van der Waals surface area contributed by atoms with Crippen LogP contribution in [-0.2, 0) is 9.84 Å². The molecule has 2 rings (SSSR count). The maximum Gasteiger partial charge on any atom is 0.243 e. The van der Waals surface area contributed by atoms with E-state index < -0.39 is 15.9 Å². The van der Waals surface area contributed by atoms with Crippen molar-refractivity contribution in [1.82, 2.24) is 15.1 Å². The lowest BCUT2D eigenvalue weighted by Crippen LogP contribution is -2.16. The van der Waals surface area contributed by atoms with Crippen molar-refractivity contribution in [2.45, 2.75) is 12.5 Å².